The molecule has 0 aliphatic carbocycles. The van der Waals surface area contributed by atoms with E-state index < -0.39 is 0 Å². The summed E-state index contributed by atoms with van der Waals surface area (Å²) in [5.41, 5.74) is 5.92. The zero-order valence-corrected chi connectivity index (χ0v) is 16.5. The second-order valence-corrected chi connectivity index (χ2v) is 8.28. The Kier molecular flexibility index (Phi) is 4.49. The molecule has 2 aromatic carbocycles. The van der Waals surface area contributed by atoms with Crippen molar-refractivity contribution >= 4 is 27.5 Å². The van der Waals surface area contributed by atoms with E-state index in [1.54, 1.807) is 11.3 Å². The maximum atomic E-state index is 13.4. The summed E-state index contributed by atoms with van der Waals surface area (Å²) >= 11 is 1.71. The number of rotatable bonds is 4. The van der Waals surface area contributed by atoms with Gasteiger partial charge in [0.15, 0.2) is 0 Å². The molecule has 3 heterocycles. The van der Waals surface area contributed by atoms with Crippen molar-refractivity contribution in [3.8, 4) is 0 Å². The van der Waals surface area contributed by atoms with E-state index in [2.05, 4.69) is 70.6 Å². The number of thiophene rings is 1. The molecule has 4 heteroatoms. The minimum absolute atomic E-state index is 0.144. The summed E-state index contributed by atoms with van der Waals surface area (Å²) in [6.45, 7) is 2.30. The Morgan fingerprint density at radius 1 is 0.964 bits per heavy atom. The molecule has 0 radical (unpaired) electrons. The van der Waals surface area contributed by atoms with Crippen molar-refractivity contribution < 1.29 is 4.79 Å². The molecule has 0 atom stereocenters. The normalized spacial score (nSPS) is 13.6. The number of benzene rings is 2. The predicted octanol–water partition coefficient (Wildman–Crippen LogP) is 5.14. The third-order valence-electron chi connectivity index (χ3n) is 5.63. The van der Waals surface area contributed by atoms with Gasteiger partial charge in [0.1, 0.15) is 5.69 Å². The van der Waals surface area contributed by atoms with Crippen LogP contribution in [0.4, 0.5) is 0 Å². The molecule has 3 nitrogen and oxygen atoms in total. The lowest BCUT2D eigenvalue weighted by molar-refractivity contribution is 0.0724. The molecule has 140 valence electrons. The summed E-state index contributed by atoms with van der Waals surface area (Å²) in [5.74, 6) is 0.144. The number of carbonyl (C=O) groups excluding carboxylic acids is 1. The first-order valence-electron chi connectivity index (χ1n) is 9.76. The molecule has 0 N–H and O–H groups in total. The van der Waals surface area contributed by atoms with Crippen LogP contribution >= 0.6 is 11.3 Å². The summed E-state index contributed by atoms with van der Waals surface area (Å²) < 4.78 is 3.40. The average Bonchev–Trinajstić information content (AvgIpc) is 3.34. The number of hydrogen-bond acceptors (Lipinski definition) is 2. The number of fused-ring (bicyclic) bond motifs is 2. The molecular weight excluding hydrogens is 364 g/mol. The minimum atomic E-state index is 0.144. The highest BCUT2D eigenvalue weighted by Gasteiger charge is 2.25. The highest BCUT2D eigenvalue weighted by Crippen LogP contribution is 2.28. The van der Waals surface area contributed by atoms with E-state index in [9.17, 15) is 4.79 Å². The molecule has 0 saturated heterocycles. The van der Waals surface area contributed by atoms with Gasteiger partial charge in [0.25, 0.3) is 5.91 Å². The number of aromatic nitrogens is 1. The number of amides is 1. The second kappa shape index (κ2) is 7.28. The van der Waals surface area contributed by atoms with Crippen molar-refractivity contribution in [1.82, 2.24) is 9.47 Å². The quantitative estimate of drug-likeness (QED) is 0.476. The van der Waals surface area contributed by atoms with Crippen molar-refractivity contribution in [1.29, 1.82) is 0 Å². The number of hydrogen-bond donors (Lipinski definition) is 0. The monoisotopic (exact) mass is 386 g/mol. The van der Waals surface area contributed by atoms with Gasteiger partial charge < -0.3 is 9.47 Å². The largest absolute Gasteiger partial charge is 0.335 e. The average molecular weight is 387 g/mol. The van der Waals surface area contributed by atoms with Crippen molar-refractivity contribution in [2.45, 2.75) is 25.9 Å². The first-order valence-corrected chi connectivity index (χ1v) is 10.6. The van der Waals surface area contributed by atoms with E-state index in [4.69, 9.17) is 0 Å². The van der Waals surface area contributed by atoms with E-state index in [0.29, 0.717) is 6.54 Å². The van der Waals surface area contributed by atoms with Crippen molar-refractivity contribution in [3.05, 3.63) is 94.5 Å². The van der Waals surface area contributed by atoms with E-state index in [0.717, 1.165) is 31.6 Å². The third kappa shape index (κ3) is 3.14. The fourth-order valence-corrected chi connectivity index (χ4v) is 4.93. The molecule has 0 bridgehead atoms. The Balaban J connectivity index is 1.44. The standard InChI is InChI=1S/C24H22N2OS/c27-24(25-13-11-19-8-4-5-9-20(19)17-25)22-16-23-21(12-15-28-23)26(22)14-10-18-6-2-1-3-7-18/h1-9,12,15-16H,10-11,13-14,17H2. The van der Waals surface area contributed by atoms with Crippen LogP contribution in [0.5, 0.6) is 0 Å². The summed E-state index contributed by atoms with van der Waals surface area (Å²) in [6.07, 6.45) is 1.85. The fourth-order valence-electron chi connectivity index (χ4n) is 4.11. The summed E-state index contributed by atoms with van der Waals surface area (Å²) in [4.78, 5) is 15.4. The lowest BCUT2D eigenvalue weighted by Gasteiger charge is -2.29. The molecule has 0 saturated carbocycles. The summed E-state index contributed by atoms with van der Waals surface area (Å²) in [6, 6.07) is 23.2. The molecule has 2 aromatic heterocycles. The van der Waals surface area contributed by atoms with Crippen LogP contribution in [0.3, 0.4) is 0 Å². The Hall–Kier alpha value is -2.85. The molecule has 1 aliphatic heterocycles. The lowest BCUT2D eigenvalue weighted by atomic mass is 10.00. The van der Waals surface area contributed by atoms with E-state index >= 15 is 0 Å². The summed E-state index contributed by atoms with van der Waals surface area (Å²) in [5, 5.41) is 2.11. The lowest BCUT2D eigenvalue weighted by Crippen LogP contribution is -2.37. The SMILES string of the molecule is O=C(c1cc2sccc2n1CCc1ccccc1)N1CCc2ccccc2C1. The van der Waals surface area contributed by atoms with Crippen molar-refractivity contribution in [2.24, 2.45) is 0 Å². The zero-order chi connectivity index (χ0) is 18.9. The van der Waals surface area contributed by atoms with Gasteiger partial charge in [0, 0.05) is 19.6 Å². The number of aryl methyl sites for hydroxylation is 2. The Morgan fingerprint density at radius 3 is 2.61 bits per heavy atom. The minimum Gasteiger partial charge on any atom is -0.335 e. The van der Waals surface area contributed by atoms with E-state index in [-0.39, 0.29) is 5.91 Å². The first-order chi connectivity index (χ1) is 13.8. The maximum absolute atomic E-state index is 13.4. The number of carbonyl (C=O) groups is 1. The molecule has 0 unspecified atom stereocenters. The van der Waals surface area contributed by atoms with Gasteiger partial charge in [-0.3, -0.25) is 4.79 Å². The highest BCUT2D eigenvalue weighted by molar-refractivity contribution is 7.17. The topological polar surface area (TPSA) is 25.2 Å². The molecular formula is C24H22N2OS. The molecule has 0 spiro atoms. The molecule has 0 fully saturated rings. The second-order valence-electron chi connectivity index (χ2n) is 7.33. The first kappa shape index (κ1) is 17.3. The predicted molar refractivity (Wildman–Crippen MR) is 115 cm³/mol. The number of nitrogens with zero attached hydrogens (tertiary/aromatic N) is 2. The Morgan fingerprint density at radius 2 is 1.75 bits per heavy atom. The summed E-state index contributed by atoms with van der Waals surface area (Å²) in [7, 11) is 0. The van der Waals surface area contributed by atoms with Crippen LogP contribution < -0.4 is 0 Å². The van der Waals surface area contributed by atoms with Crippen LogP contribution in [-0.4, -0.2) is 21.9 Å². The molecule has 1 amide bonds. The van der Waals surface area contributed by atoms with E-state index in [1.807, 2.05) is 11.0 Å². The van der Waals surface area contributed by atoms with E-state index in [1.165, 1.54) is 26.9 Å². The van der Waals surface area contributed by atoms with Gasteiger partial charge in [0.2, 0.25) is 0 Å². The van der Waals surface area contributed by atoms with Crippen molar-refractivity contribution in [2.75, 3.05) is 6.54 Å². The van der Waals surface area contributed by atoms with Crippen LogP contribution in [0.25, 0.3) is 10.2 Å². The van der Waals surface area contributed by atoms with Gasteiger partial charge in [-0.15, -0.1) is 11.3 Å². The van der Waals surface area contributed by atoms with Crippen molar-refractivity contribution in [3.63, 3.8) is 0 Å². The highest BCUT2D eigenvalue weighted by atomic mass is 32.1. The van der Waals surface area contributed by atoms with Gasteiger partial charge in [-0.2, -0.15) is 0 Å². The van der Waals surface area contributed by atoms with Gasteiger partial charge in [0.05, 0.1) is 10.2 Å². The van der Waals surface area contributed by atoms with Crippen LogP contribution in [0.2, 0.25) is 0 Å². The van der Waals surface area contributed by atoms with Gasteiger partial charge in [-0.05, 0) is 47.0 Å². The molecule has 5 rings (SSSR count). The van der Waals surface area contributed by atoms with Crippen LogP contribution in [0.1, 0.15) is 27.2 Å². The maximum Gasteiger partial charge on any atom is 0.270 e. The Labute approximate surface area is 168 Å². The molecule has 1 aliphatic rings. The third-order valence-corrected chi connectivity index (χ3v) is 6.48. The van der Waals surface area contributed by atoms with Gasteiger partial charge >= 0.3 is 0 Å². The van der Waals surface area contributed by atoms with Crippen LogP contribution in [0.15, 0.2) is 72.1 Å². The van der Waals surface area contributed by atoms with Crippen LogP contribution in [-0.2, 0) is 25.9 Å². The fraction of sp³-hybridized carbons (Fsp3) is 0.208. The van der Waals surface area contributed by atoms with Crippen LogP contribution in [0, 0.1) is 0 Å². The molecule has 4 aromatic rings. The molecule has 28 heavy (non-hydrogen) atoms. The van der Waals surface area contributed by atoms with Gasteiger partial charge in [-0.25, -0.2) is 0 Å². The smallest absolute Gasteiger partial charge is 0.270 e. The van der Waals surface area contributed by atoms with Gasteiger partial charge in [-0.1, -0.05) is 54.6 Å². The zero-order valence-electron chi connectivity index (χ0n) is 15.7. The Bertz CT molecular complexity index is 1130.